The molecular weight excluding hydrogens is 312 g/mol. The van der Waals surface area contributed by atoms with Crippen LogP contribution in [0.3, 0.4) is 0 Å². The number of nitrogens with one attached hydrogen (secondary N) is 1. The summed E-state index contributed by atoms with van der Waals surface area (Å²) in [6.07, 6.45) is 3.42. The number of hydrogen-bond donors (Lipinski definition) is 1. The van der Waals surface area contributed by atoms with Gasteiger partial charge in [-0.2, -0.15) is 0 Å². The van der Waals surface area contributed by atoms with Gasteiger partial charge in [-0.1, -0.05) is 30.3 Å². The van der Waals surface area contributed by atoms with Gasteiger partial charge in [-0.05, 0) is 48.6 Å². The number of amides is 1. The van der Waals surface area contributed by atoms with Crippen LogP contribution in [0.4, 0.5) is 5.69 Å². The SMILES string of the molecule is O=C(NCC1CCCO1)c1ccc(CN2CCc3ccccc32)cc1. The highest BCUT2D eigenvalue weighted by atomic mass is 16.5. The third kappa shape index (κ3) is 3.69. The maximum atomic E-state index is 12.2. The van der Waals surface area contributed by atoms with Crippen LogP contribution in [0.1, 0.15) is 34.3 Å². The molecule has 25 heavy (non-hydrogen) atoms. The van der Waals surface area contributed by atoms with Gasteiger partial charge in [0.05, 0.1) is 6.10 Å². The predicted octanol–water partition coefficient (Wildman–Crippen LogP) is 3.16. The Morgan fingerprint density at radius 3 is 2.80 bits per heavy atom. The monoisotopic (exact) mass is 336 g/mol. The van der Waals surface area contributed by atoms with Crippen LogP contribution < -0.4 is 10.2 Å². The van der Waals surface area contributed by atoms with Gasteiger partial charge in [0.1, 0.15) is 0 Å². The van der Waals surface area contributed by atoms with E-state index in [-0.39, 0.29) is 12.0 Å². The normalized spacial score (nSPS) is 19.0. The van der Waals surface area contributed by atoms with E-state index >= 15 is 0 Å². The van der Waals surface area contributed by atoms with Crippen LogP contribution in [-0.4, -0.2) is 31.7 Å². The number of carbonyl (C=O) groups excluding carboxylic acids is 1. The summed E-state index contributed by atoms with van der Waals surface area (Å²) < 4.78 is 5.54. The van der Waals surface area contributed by atoms with Gasteiger partial charge in [0.25, 0.3) is 5.91 Å². The van der Waals surface area contributed by atoms with E-state index in [9.17, 15) is 4.79 Å². The van der Waals surface area contributed by atoms with Crippen molar-refractivity contribution < 1.29 is 9.53 Å². The quantitative estimate of drug-likeness (QED) is 0.912. The molecule has 4 nitrogen and oxygen atoms in total. The van der Waals surface area contributed by atoms with E-state index in [1.54, 1.807) is 0 Å². The van der Waals surface area contributed by atoms with Crippen molar-refractivity contribution in [3.05, 3.63) is 65.2 Å². The number of nitrogens with zero attached hydrogens (tertiary/aromatic N) is 1. The second-order valence-corrected chi connectivity index (χ2v) is 6.84. The third-order valence-electron chi connectivity index (χ3n) is 5.09. The fraction of sp³-hybridized carbons (Fsp3) is 0.381. The molecule has 130 valence electrons. The number of anilines is 1. The van der Waals surface area contributed by atoms with E-state index in [2.05, 4.69) is 46.6 Å². The molecule has 2 aromatic rings. The Bertz CT molecular complexity index is 736. The molecule has 0 saturated carbocycles. The largest absolute Gasteiger partial charge is 0.376 e. The molecule has 1 atom stereocenters. The topological polar surface area (TPSA) is 41.6 Å². The van der Waals surface area contributed by atoms with Crippen molar-refractivity contribution in [2.24, 2.45) is 0 Å². The zero-order valence-electron chi connectivity index (χ0n) is 14.4. The summed E-state index contributed by atoms with van der Waals surface area (Å²) in [4.78, 5) is 14.6. The van der Waals surface area contributed by atoms with Crippen molar-refractivity contribution in [2.75, 3.05) is 24.6 Å². The smallest absolute Gasteiger partial charge is 0.251 e. The van der Waals surface area contributed by atoms with Crippen LogP contribution in [-0.2, 0) is 17.7 Å². The number of fused-ring (bicyclic) bond motifs is 1. The second kappa shape index (κ2) is 7.28. The molecule has 1 unspecified atom stereocenters. The Kier molecular flexibility index (Phi) is 4.70. The number of ether oxygens (including phenoxy) is 1. The minimum absolute atomic E-state index is 0.0198. The maximum absolute atomic E-state index is 12.2. The second-order valence-electron chi connectivity index (χ2n) is 6.84. The van der Waals surface area contributed by atoms with Crippen molar-refractivity contribution in [1.29, 1.82) is 0 Å². The maximum Gasteiger partial charge on any atom is 0.251 e. The zero-order chi connectivity index (χ0) is 17.1. The molecular formula is C21H24N2O2. The molecule has 1 amide bonds. The summed E-state index contributed by atoms with van der Waals surface area (Å²) >= 11 is 0. The first kappa shape index (κ1) is 16.2. The molecule has 0 spiro atoms. The summed E-state index contributed by atoms with van der Waals surface area (Å²) in [7, 11) is 0. The van der Waals surface area contributed by atoms with Crippen molar-refractivity contribution in [1.82, 2.24) is 5.32 Å². The Morgan fingerprint density at radius 2 is 2.00 bits per heavy atom. The molecule has 1 N–H and O–H groups in total. The Balaban J connectivity index is 1.35. The first-order chi connectivity index (χ1) is 12.3. The van der Waals surface area contributed by atoms with E-state index in [1.165, 1.54) is 16.8 Å². The first-order valence-electron chi connectivity index (χ1n) is 9.11. The average Bonchev–Trinajstić information content (AvgIpc) is 3.31. The summed E-state index contributed by atoms with van der Waals surface area (Å²) in [5, 5.41) is 2.97. The summed E-state index contributed by atoms with van der Waals surface area (Å²) in [5.41, 5.74) is 4.70. The predicted molar refractivity (Wildman–Crippen MR) is 98.9 cm³/mol. The van der Waals surface area contributed by atoms with Crippen LogP contribution in [0.25, 0.3) is 0 Å². The summed E-state index contributed by atoms with van der Waals surface area (Å²) in [6, 6.07) is 16.5. The van der Waals surface area contributed by atoms with Crippen LogP contribution in [0.15, 0.2) is 48.5 Å². The minimum atomic E-state index is -0.0198. The van der Waals surface area contributed by atoms with Gasteiger partial charge in [-0.15, -0.1) is 0 Å². The standard InChI is InChI=1S/C21H24N2O2/c24-21(22-14-19-5-3-13-25-19)18-9-7-16(8-10-18)15-23-12-11-17-4-1-2-6-20(17)23/h1-2,4,6-10,19H,3,5,11-15H2,(H,22,24). The lowest BCUT2D eigenvalue weighted by Crippen LogP contribution is -2.31. The number of benzene rings is 2. The number of carbonyl (C=O) groups is 1. The van der Waals surface area contributed by atoms with Crippen molar-refractivity contribution in [2.45, 2.75) is 31.9 Å². The molecule has 2 aliphatic rings. The van der Waals surface area contributed by atoms with Gasteiger partial charge in [-0.3, -0.25) is 4.79 Å². The zero-order valence-corrected chi connectivity index (χ0v) is 14.4. The van der Waals surface area contributed by atoms with Crippen molar-refractivity contribution in [3.63, 3.8) is 0 Å². The van der Waals surface area contributed by atoms with Gasteiger partial charge < -0.3 is 15.0 Å². The highest BCUT2D eigenvalue weighted by Gasteiger charge is 2.19. The van der Waals surface area contributed by atoms with Crippen LogP contribution in [0.5, 0.6) is 0 Å². The Morgan fingerprint density at radius 1 is 1.16 bits per heavy atom. The lowest BCUT2D eigenvalue weighted by atomic mass is 10.1. The first-order valence-corrected chi connectivity index (χ1v) is 9.11. The Hall–Kier alpha value is -2.33. The van der Waals surface area contributed by atoms with Gasteiger partial charge in [0, 0.05) is 37.5 Å². The summed E-state index contributed by atoms with van der Waals surface area (Å²) in [5.74, 6) is -0.0198. The van der Waals surface area contributed by atoms with E-state index < -0.39 is 0 Å². The summed E-state index contributed by atoms with van der Waals surface area (Å²) in [6.45, 7) is 3.36. The van der Waals surface area contributed by atoms with Gasteiger partial charge >= 0.3 is 0 Å². The third-order valence-corrected chi connectivity index (χ3v) is 5.09. The molecule has 4 rings (SSSR count). The minimum Gasteiger partial charge on any atom is -0.376 e. The lowest BCUT2D eigenvalue weighted by molar-refractivity contribution is 0.0858. The molecule has 0 radical (unpaired) electrons. The molecule has 2 aromatic carbocycles. The highest BCUT2D eigenvalue weighted by Crippen LogP contribution is 2.28. The Labute approximate surface area is 148 Å². The fourth-order valence-electron chi connectivity index (χ4n) is 3.67. The molecule has 0 bridgehead atoms. The van der Waals surface area contributed by atoms with E-state index in [1.807, 2.05) is 12.1 Å². The van der Waals surface area contributed by atoms with Gasteiger partial charge in [0.2, 0.25) is 0 Å². The van der Waals surface area contributed by atoms with E-state index in [4.69, 9.17) is 4.74 Å². The molecule has 2 aliphatic heterocycles. The van der Waals surface area contributed by atoms with E-state index in [0.29, 0.717) is 12.1 Å². The lowest BCUT2D eigenvalue weighted by Gasteiger charge is -2.19. The molecule has 1 saturated heterocycles. The highest BCUT2D eigenvalue weighted by molar-refractivity contribution is 5.94. The van der Waals surface area contributed by atoms with Crippen LogP contribution in [0, 0.1) is 0 Å². The van der Waals surface area contributed by atoms with Crippen molar-refractivity contribution >= 4 is 11.6 Å². The van der Waals surface area contributed by atoms with Crippen LogP contribution in [0.2, 0.25) is 0 Å². The van der Waals surface area contributed by atoms with E-state index in [0.717, 1.165) is 39.0 Å². The number of rotatable bonds is 5. The molecule has 4 heteroatoms. The van der Waals surface area contributed by atoms with Gasteiger partial charge in [-0.25, -0.2) is 0 Å². The average molecular weight is 336 g/mol. The fourth-order valence-corrected chi connectivity index (χ4v) is 3.67. The van der Waals surface area contributed by atoms with Crippen molar-refractivity contribution in [3.8, 4) is 0 Å². The number of para-hydroxylation sites is 1. The molecule has 2 heterocycles. The molecule has 0 aromatic heterocycles. The molecule has 0 aliphatic carbocycles. The molecule has 1 fully saturated rings. The van der Waals surface area contributed by atoms with Crippen LogP contribution >= 0.6 is 0 Å². The number of hydrogen-bond acceptors (Lipinski definition) is 3. The van der Waals surface area contributed by atoms with Gasteiger partial charge in [0.15, 0.2) is 0 Å².